The second-order valence-corrected chi connectivity index (χ2v) is 4.72. The summed E-state index contributed by atoms with van der Waals surface area (Å²) >= 11 is 0. The van der Waals surface area contributed by atoms with E-state index in [9.17, 15) is 9.90 Å². The lowest BCUT2D eigenvalue weighted by molar-refractivity contribution is 0.337. The van der Waals surface area contributed by atoms with E-state index in [4.69, 9.17) is 4.74 Å². The maximum atomic E-state index is 11.2. The predicted molar refractivity (Wildman–Crippen MR) is 85.4 cm³/mol. The second kappa shape index (κ2) is 5.77. The molecule has 2 aromatic carbocycles. The third-order valence-corrected chi connectivity index (χ3v) is 3.17. The summed E-state index contributed by atoms with van der Waals surface area (Å²) in [5, 5.41) is 9.95. The largest absolute Gasteiger partial charge is 0.507 e. The Morgan fingerprint density at radius 3 is 2.77 bits per heavy atom. The SMILES string of the molecule is CCOc1ccc(C=Nc2ccc3[nH]c(=O)[nH]c3c2)c(O)c1. The molecule has 0 bridgehead atoms. The maximum absolute atomic E-state index is 11.2. The Morgan fingerprint density at radius 1 is 1.18 bits per heavy atom. The molecule has 22 heavy (non-hydrogen) atoms. The lowest BCUT2D eigenvalue weighted by Gasteiger charge is -2.04. The summed E-state index contributed by atoms with van der Waals surface area (Å²) in [4.78, 5) is 20.9. The molecule has 3 N–H and O–H groups in total. The van der Waals surface area contributed by atoms with Crippen molar-refractivity contribution in [3.63, 3.8) is 0 Å². The van der Waals surface area contributed by atoms with Crippen LogP contribution in [0.5, 0.6) is 11.5 Å². The van der Waals surface area contributed by atoms with Gasteiger partial charge in [-0.2, -0.15) is 0 Å². The van der Waals surface area contributed by atoms with Crippen molar-refractivity contribution in [3.05, 3.63) is 52.4 Å². The fraction of sp³-hybridized carbons (Fsp3) is 0.125. The van der Waals surface area contributed by atoms with Crippen molar-refractivity contribution in [2.45, 2.75) is 6.92 Å². The van der Waals surface area contributed by atoms with Gasteiger partial charge in [-0.05, 0) is 37.3 Å². The lowest BCUT2D eigenvalue weighted by atomic mass is 10.2. The number of ether oxygens (including phenoxy) is 1. The van der Waals surface area contributed by atoms with Crippen LogP contribution in [0.4, 0.5) is 5.69 Å². The third kappa shape index (κ3) is 2.85. The molecule has 0 spiro atoms. The normalized spacial score (nSPS) is 11.3. The number of nitrogens with zero attached hydrogens (tertiary/aromatic N) is 1. The van der Waals surface area contributed by atoms with Crippen molar-refractivity contribution in [1.82, 2.24) is 9.97 Å². The van der Waals surface area contributed by atoms with Crippen LogP contribution in [0, 0.1) is 0 Å². The van der Waals surface area contributed by atoms with Gasteiger partial charge in [-0.25, -0.2) is 4.79 Å². The van der Waals surface area contributed by atoms with Gasteiger partial charge in [-0.3, -0.25) is 4.99 Å². The van der Waals surface area contributed by atoms with Crippen LogP contribution in [0.15, 0.2) is 46.2 Å². The molecule has 6 heteroatoms. The van der Waals surface area contributed by atoms with Gasteiger partial charge < -0.3 is 19.8 Å². The number of rotatable bonds is 4. The summed E-state index contributed by atoms with van der Waals surface area (Å²) in [6.07, 6.45) is 1.57. The predicted octanol–water partition coefficient (Wildman–Crippen LogP) is 2.71. The van der Waals surface area contributed by atoms with E-state index in [2.05, 4.69) is 15.0 Å². The van der Waals surface area contributed by atoms with E-state index in [1.807, 2.05) is 6.92 Å². The molecule has 0 saturated heterocycles. The summed E-state index contributed by atoms with van der Waals surface area (Å²) in [5.41, 5.74) is 2.44. The summed E-state index contributed by atoms with van der Waals surface area (Å²) < 4.78 is 5.31. The summed E-state index contributed by atoms with van der Waals surface area (Å²) in [5.74, 6) is 0.717. The molecule has 1 heterocycles. The second-order valence-electron chi connectivity index (χ2n) is 4.72. The fourth-order valence-corrected chi connectivity index (χ4v) is 2.13. The minimum Gasteiger partial charge on any atom is -0.507 e. The number of phenolic OH excluding ortho intramolecular Hbond substituents is 1. The van der Waals surface area contributed by atoms with Crippen molar-refractivity contribution < 1.29 is 9.84 Å². The van der Waals surface area contributed by atoms with Crippen molar-refractivity contribution in [2.75, 3.05) is 6.61 Å². The van der Waals surface area contributed by atoms with Gasteiger partial charge in [-0.15, -0.1) is 0 Å². The molecule has 0 aliphatic carbocycles. The van der Waals surface area contributed by atoms with Gasteiger partial charge in [0.05, 0.1) is 23.3 Å². The smallest absolute Gasteiger partial charge is 0.323 e. The zero-order chi connectivity index (χ0) is 15.5. The molecule has 0 fully saturated rings. The van der Waals surface area contributed by atoms with Crippen LogP contribution in [-0.2, 0) is 0 Å². The Hall–Kier alpha value is -3.02. The fourth-order valence-electron chi connectivity index (χ4n) is 2.13. The third-order valence-electron chi connectivity index (χ3n) is 3.17. The number of hydrogen-bond acceptors (Lipinski definition) is 4. The number of H-pyrrole nitrogens is 2. The molecule has 0 radical (unpaired) electrons. The van der Waals surface area contributed by atoms with Crippen LogP contribution in [0.1, 0.15) is 12.5 Å². The monoisotopic (exact) mass is 297 g/mol. The van der Waals surface area contributed by atoms with E-state index >= 15 is 0 Å². The standard InChI is InChI=1S/C16H15N3O3/c1-2-22-12-5-3-10(15(20)8-12)9-17-11-4-6-13-14(7-11)19-16(21)18-13/h3-9,20H,2H2,1H3,(H2,18,19,21). The molecule has 6 nitrogen and oxygen atoms in total. The topological polar surface area (TPSA) is 90.5 Å². The van der Waals surface area contributed by atoms with Gasteiger partial charge in [0, 0.05) is 17.8 Å². The minimum absolute atomic E-state index is 0.103. The van der Waals surface area contributed by atoms with Gasteiger partial charge >= 0.3 is 5.69 Å². The first kappa shape index (κ1) is 13.9. The molecule has 3 rings (SSSR count). The van der Waals surface area contributed by atoms with Crippen molar-refractivity contribution in [3.8, 4) is 11.5 Å². The molecular weight excluding hydrogens is 282 g/mol. The number of aliphatic imine (C=N–C) groups is 1. The molecule has 0 atom stereocenters. The number of aromatic hydroxyl groups is 1. The molecule has 0 saturated carbocycles. The number of aromatic amines is 2. The van der Waals surface area contributed by atoms with Crippen LogP contribution in [0.2, 0.25) is 0 Å². The zero-order valence-corrected chi connectivity index (χ0v) is 12.0. The minimum atomic E-state index is -0.250. The first-order valence-electron chi connectivity index (χ1n) is 6.87. The number of phenols is 1. The molecule has 1 aromatic heterocycles. The quantitative estimate of drug-likeness (QED) is 0.647. The van der Waals surface area contributed by atoms with Gasteiger partial charge in [0.15, 0.2) is 0 Å². The van der Waals surface area contributed by atoms with E-state index in [1.54, 1.807) is 42.6 Å². The van der Waals surface area contributed by atoms with Crippen LogP contribution in [0.25, 0.3) is 11.0 Å². The lowest BCUT2D eigenvalue weighted by Crippen LogP contribution is -1.99. The van der Waals surface area contributed by atoms with Gasteiger partial charge in [0.1, 0.15) is 11.5 Å². The first-order chi connectivity index (χ1) is 10.7. The number of aromatic nitrogens is 2. The highest BCUT2D eigenvalue weighted by atomic mass is 16.5. The summed E-state index contributed by atoms with van der Waals surface area (Å²) in [7, 11) is 0. The van der Waals surface area contributed by atoms with Gasteiger partial charge in [0.25, 0.3) is 0 Å². The number of fused-ring (bicyclic) bond motifs is 1. The number of imidazole rings is 1. The average Bonchev–Trinajstić information content (AvgIpc) is 2.86. The van der Waals surface area contributed by atoms with E-state index in [0.717, 1.165) is 5.52 Å². The van der Waals surface area contributed by atoms with Crippen LogP contribution in [0.3, 0.4) is 0 Å². The Kier molecular flexibility index (Phi) is 3.65. The maximum Gasteiger partial charge on any atom is 0.323 e. The number of hydrogen-bond donors (Lipinski definition) is 3. The molecule has 3 aromatic rings. The number of benzene rings is 2. The Morgan fingerprint density at radius 2 is 2.00 bits per heavy atom. The summed E-state index contributed by atoms with van der Waals surface area (Å²) in [6, 6.07) is 10.4. The molecule has 0 aliphatic rings. The van der Waals surface area contributed by atoms with E-state index in [-0.39, 0.29) is 11.4 Å². The zero-order valence-electron chi connectivity index (χ0n) is 12.0. The number of nitrogens with one attached hydrogen (secondary N) is 2. The van der Waals surface area contributed by atoms with E-state index in [0.29, 0.717) is 29.1 Å². The van der Waals surface area contributed by atoms with Crippen molar-refractivity contribution in [2.24, 2.45) is 4.99 Å². The molecule has 0 amide bonds. The van der Waals surface area contributed by atoms with E-state index in [1.165, 1.54) is 0 Å². The van der Waals surface area contributed by atoms with Gasteiger partial charge in [-0.1, -0.05) is 0 Å². The molecule has 0 aliphatic heterocycles. The van der Waals surface area contributed by atoms with Crippen LogP contribution in [-0.4, -0.2) is 27.9 Å². The molecular formula is C16H15N3O3. The average molecular weight is 297 g/mol. The molecule has 0 unspecified atom stereocenters. The Bertz CT molecular complexity index is 893. The highest BCUT2D eigenvalue weighted by molar-refractivity contribution is 5.87. The highest BCUT2D eigenvalue weighted by Gasteiger charge is 2.02. The molecule has 112 valence electrons. The summed E-state index contributed by atoms with van der Waals surface area (Å²) in [6.45, 7) is 2.43. The Labute approximate surface area is 126 Å². The van der Waals surface area contributed by atoms with Crippen LogP contribution < -0.4 is 10.4 Å². The van der Waals surface area contributed by atoms with Crippen molar-refractivity contribution in [1.29, 1.82) is 0 Å². The van der Waals surface area contributed by atoms with Gasteiger partial charge in [0.2, 0.25) is 0 Å². The van der Waals surface area contributed by atoms with Crippen molar-refractivity contribution >= 4 is 22.9 Å². The highest BCUT2D eigenvalue weighted by Crippen LogP contribution is 2.23. The van der Waals surface area contributed by atoms with Crippen LogP contribution >= 0.6 is 0 Å². The first-order valence-corrected chi connectivity index (χ1v) is 6.87. The van der Waals surface area contributed by atoms with E-state index < -0.39 is 0 Å². The Balaban J connectivity index is 1.87.